The summed E-state index contributed by atoms with van der Waals surface area (Å²) in [5.74, 6) is -0.357. The summed E-state index contributed by atoms with van der Waals surface area (Å²) in [6.07, 6.45) is 4.79. The third kappa shape index (κ3) is 3.06. The number of hydrogen-bond acceptors (Lipinski definition) is 3. The molecule has 4 heteroatoms. The first kappa shape index (κ1) is 16.7. The van der Waals surface area contributed by atoms with Crippen LogP contribution in [0.3, 0.4) is 0 Å². The van der Waals surface area contributed by atoms with E-state index < -0.39 is 0 Å². The van der Waals surface area contributed by atoms with E-state index in [9.17, 15) is 9.59 Å². The highest BCUT2D eigenvalue weighted by molar-refractivity contribution is 6.25. The van der Waals surface area contributed by atoms with Crippen LogP contribution in [0.2, 0.25) is 0 Å². The highest BCUT2D eigenvalue weighted by Gasteiger charge is 2.31. The van der Waals surface area contributed by atoms with Crippen LogP contribution in [0.4, 0.5) is 0 Å². The van der Waals surface area contributed by atoms with Gasteiger partial charge in [0.25, 0.3) is 11.8 Å². The van der Waals surface area contributed by atoms with E-state index in [4.69, 9.17) is 5.73 Å². The van der Waals surface area contributed by atoms with Crippen molar-refractivity contribution in [1.29, 1.82) is 0 Å². The molecule has 2 amide bonds. The number of benzene rings is 2. The molecule has 1 unspecified atom stereocenters. The number of hydrogen-bond donors (Lipinski definition) is 1. The van der Waals surface area contributed by atoms with Crippen molar-refractivity contribution < 1.29 is 9.59 Å². The fourth-order valence-corrected chi connectivity index (χ4v) is 3.48. The van der Waals surface area contributed by atoms with Gasteiger partial charge >= 0.3 is 0 Å². The van der Waals surface area contributed by atoms with E-state index in [1.165, 1.54) is 4.90 Å². The molecule has 0 fully saturated rings. The Bertz CT molecular complexity index is 719. The molecule has 0 aromatic heterocycles. The standard InChI is InChI=1S/C20H24N2O2/c1-2-7-15(21)10-3-4-13-22-19(23)16-11-5-8-14-9-6-12-17(18(14)16)20(22)24/h5-6,8-9,11-12,15H,2-4,7,10,13,21H2,1H3. The number of carbonyl (C=O) groups is 2. The van der Waals surface area contributed by atoms with E-state index in [0.29, 0.717) is 17.7 Å². The molecule has 0 saturated heterocycles. The number of nitrogens with zero attached hydrogens (tertiary/aromatic N) is 1. The van der Waals surface area contributed by atoms with Crippen molar-refractivity contribution in [1.82, 2.24) is 4.90 Å². The number of imide groups is 1. The Morgan fingerprint density at radius 3 is 2.17 bits per heavy atom. The van der Waals surface area contributed by atoms with Gasteiger partial charge in [0.2, 0.25) is 0 Å². The molecule has 0 spiro atoms. The van der Waals surface area contributed by atoms with Gasteiger partial charge in [-0.15, -0.1) is 0 Å². The van der Waals surface area contributed by atoms with Crippen LogP contribution < -0.4 is 5.73 Å². The van der Waals surface area contributed by atoms with Crippen molar-refractivity contribution in [2.24, 2.45) is 5.73 Å². The molecule has 1 aliphatic rings. The number of nitrogens with two attached hydrogens (primary N) is 1. The molecule has 1 atom stereocenters. The number of unbranched alkanes of at least 4 members (excludes halogenated alkanes) is 1. The predicted molar refractivity (Wildman–Crippen MR) is 96.0 cm³/mol. The third-order valence-electron chi connectivity index (χ3n) is 4.72. The van der Waals surface area contributed by atoms with Gasteiger partial charge in [0.05, 0.1) is 0 Å². The van der Waals surface area contributed by atoms with Crippen LogP contribution in [0.5, 0.6) is 0 Å². The topological polar surface area (TPSA) is 63.4 Å². The maximum absolute atomic E-state index is 12.7. The predicted octanol–water partition coefficient (Wildman–Crippen LogP) is 3.73. The van der Waals surface area contributed by atoms with E-state index >= 15 is 0 Å². The van der Waals surface area contributed by atoms with Gasteiger partial charge in [0, 0.05) is 29.1 Å². The molecule has 126 valence electrons. The normalized spacial score (nSPS) is 15.2. The molecule has 1 aliphatic heterocycles. The van der Waals surface area contributed by atoms with Gasteiger partial charge < -0.3 is 5.73 Å². The van der Waals surface area contributed by atoms with E-state index in [1.807, 2.05) is 36.4 Å². The fraction of sp³-hybridized carbons (Fsp3) is 0.400. The average Bonchev–Trinajstić information content (AvgIpc) is 2.59. The Hall–Kier alpha value is -2.20. The minimum Gasteiger partial charge on any atom is -0.328 e. The van der Waals surface area contributed by atoms with Crippen LogP contribution in [0, 0.1) is 0 Å². The first-order chi connectivity index (χ1) is 11.6. The number of rotatable bonds is 7. The van der Waals surface area contributed by atoms with Crippen molar-refractivity contribution in [2.45, 2.75) is 45.1 Å². The summed E-state index contributed by atoms with van der Waals surface area (Å²) < 4.78 is 0. The highest BCUT2D eigenvalue weighted by atomic mass is 16.2. The van der Waals surface area contributed by atoms with Crippen LogP contribution in [0.25, 0.3) is 10.8 Å². The molecule has 4 nitrogen and oxygen atoms in total. The lowest BCUT2D eigenvalue weighted by Crippen LogP contribution is -2.40. The Morgan fingerprint density at radius 1 is 0.958 bits per heavy atom. The second-order valence-corrected chi connectivity index (χ2v) is 6.52. The average molecular weight is 324 g/mol. The molecule has 0 radical (unpaired) electrons. The van der Waals surface area contributed by atoms with E-state index in [0.717, 1.165) is 42.9 Å². The largest absolute Gasteiger partial charge is 0.328 e. The molecule has 3 rings (SSSR count). The molecule has 0 saturated carbocycles. The maximum atomic E-state index is 12.7. The van der Waals surface area contributed by atoms with Crippen molar-refractivity contribution in [3.8, 4) is 0 Å². The molecular weight excluding hydrogens is 300 g/mol. The van der Waals surface area contributed by atoms with Gasteiger partial charge in [0.1, 0.15) is 0 Å². The summed E-state index contributed by atoms with van der Waals surface area (Å²) in [5, 5.41) is 1.73. The van der Waals surface area contributed by atoms with Crippen molar-refractivity contribution in [3.05, 3.63) is 47.5 Å². The molecule has 0 bridgehead atoms. The summed E-state index contributed by atoms with van der Waals surface area (Å²) in [7, 11) is 0. The van der Waals surface area contributed by atoms with Crippen molar-refractivity contribution >= 4 is 22.6 Å². The van der Waals surface area contributed by atoms with Crippen LogP contribution in [0.15, 0.2) is 36.4 Å². The lowest BCUT2D eigenvalue weighted by Gasteiger charge is -2.27. The lowest BCUT2D eigenvalue weighted by molar-refractivity contribution is 0.0607. The smallest absolute Gasteiger partial charge is 0.261 e. The molecule has 1 heterocycles. The SMILES string of the molecule is CCCC(N)CCCCN1C(=O)c2cccc3cccc(c23)C1=O. The zero-order valence-corrected chi connectivity index (χ0v) is 14.1. The van der Waals surface area contributed by atoms with E-state index in [-0.39, 0.29) is 17.9 Å². The van der Waals surface area contributed by atoms with Gasteiger partial charge in [-0.3, -0.25) is 14.5 Å². The Balaban J connectivity index is 1.73. The summed E-state index contributed by atoms with van der Waals surface area (Å²) in [6.45, 7) is 2.59. The molecule has 2 N–H and O–H groups in total. The first-order valence-electron chi connectivity index (χ1n) is 8.77. The Morgan fingerprint density at radius 2 is 1.58 bits per heavy atom. The Labute approximate surface area is 142 Å². The van der Waals surface area contributed by atoms with Crippen LogP contribution in [-0.4, -0.2) is 29.3 Å². The summed E-state index contributed by atoms with van der Waals surface area (Å²) in [6, 6.07) is 11.5. The minimum absolute atomic E-state index is 0.179. The van der Waals surface area contributed by atoms with Crippen LogP contribution in [-0.2, 0) is 0 Å². The van der Waals surface area contributed by atoms with E-state index in [1.54, 1.807) is 0 Å². The zero-order chi connectivity index (χ0) is 17.1. The Kier molecular flexibility index (Phi) is 4.95. The molecule has 2 aromatic rings. The van der Waals surface area contributed by atoms with E-state index in [2.05, 4.69) is 6.92 Å². The monoisotopic (exact) mass is 324 g/mol. The zero-order valence-electron chi connectivity index (χ0n) is 14.1. The molecular formula is C20H24N2O2. The van der Waals surface area contributed by atoms with Gasteiger partial charge in [-0.2, -0.15) is 0 Å². The van der Waals surface area contributed by atoms with Crippen molar-refractivity contribution in [3.63, 3.8) is 0 Å². The molecule has 0 aliphatic carbocycles. The van der Waals surface area contributed by atoms with Crippen LogP contribution in [0.1, 0.15) is 59.7 Å². The minimum atomic E-state index is -0.179. The summed E-state index contributed by atoms with van der Waals surface area (Å²) in [4.78, 5) is 26.8. The van der Waals surface area contributed by atoms with Crippen molar-refractivity contribution in [2.75, 3.05) is 6.54 Å². The second kappa shape index (κ2) is 7.14. The fourth-order valence-electron chi connectivity index (χ4n) is 3.48. The molecule has 2 aromatic carbocycles. The summed E-state index contributed by atoms with van der Waals surface area (Å²) in [5.41, 5.74) is 7.28. The van der Waals surface area contributed by atoms with Gasteiger partial charge in [-0.05, 0) is 36.8 Å². The first-order valence-corrected chi connectivity index (χ1v) is 8.77. The third-order valence-corrected chi connectivity index (χ3v) is 4.72. The number of carbonyl (C=O) groups excluding carboxylic acids is 2. The van der Waals surface area contributed by atoms with Gasteiger partial charge in [-0.1, -0.05) is 44.0 Å². The lowest BCUT2D eigenvalue weighted by atomic mass is 9.94. The second-order valence-electron chi connectivity index (χ2n) is 6.52. The van der Waals surface area contributed by atoms with Gasteiger partial charge in [-0.25, -0.2) is 0 Å². The quantitative estimate of drug-likeness (QED) is 0.623. The van der Waals surface area contributed by atoms with Crippen LogP contribution >= 0.6 is 0 Å². The number of amides is 2. The summed E-state index contributed by atoms with van der Waals surface area (Å²) >= 11 is 0. The molecule has 24 heavy (non-hydrogen) atoms. The highest BCUT2D eigenvalue weighted by Crippen LogP contribution is 2.30. The van der Waals surface area contributed by atoms with Gasteiger partial charge in [0.15, 0.2) is 0 Å². The maximum Gasteiger partial charge on any atom is 0.261 e.